The summed E-state index contributed by atoms with van der Waals surface area (Å²) in [6.45, 7) is 12.3. The summed E-state index contributed by atoms with van der Waals surface area (Å²) in [6, 6.07) is 10.6. The van der Waals surface area contributed by atoms with Crippen molar-refractivity contribution < 1.29 is 27.5 Å². The quantitative estimate of drug-likeness (QED) is 0.249. The molecule has 1 atom stereocenters. The van der Waals surface area contributed by atoms with Crippen LogP contribution in [0.3, 0.4) is 0 Å². The molecule has 0 bridgehead atoms. The van der Waals surface area contributed by atoms with Gasteiger partial charge in [0.15, 0.2) is 0 Å². The molecule has 1 saturated heterocycles. The van der Waals surface area contributed by atoms with Crippen LogP contribution in [-0.2, 0) is 19.6 Å². The molecule has 0 radical (unpaired) electrons. The van der Waals surface area contributed by atoms with Crippen LogP contribution in [0.25, 0.3) is 0 Å². The third-order valence-corrected chi connectivity index (χ3v) is 9.31. The molecule has 3 amide bonds. The molecule has 0 spiro atoms. The van der Waals surface area contributed by atoms with Gasteiger partial charge in [0.05, 0.1) is 5.02 Å². The van der Waals surface area contributed by atoms with Crippen molar-refractivity contribution in [3.05, 3.63) is 58.1 Å². The number of amides is 3. The van der Waals surface area contributed by atoms with Gasteiger partial charge in [0, 0.05) is 55.5 Å². The van der Waals surface area contributed by atoms with Gasteiger partial charge >= 0.3 is 6.09 Å². The highest BCUT2D eigenvalue weighted by atomic mass is 35.5. The fourth-order valence-corrected chi connectivity index (χ4v) is 6.65. The minimum absolute atomic E-state index is 0.0386. The summed E-state index contributed by atoms with van der Waals surface area (Å²) in [5.74, 6) is -0.487. The maximum atomic E-state index is 13.1. The normalized spacial score (nSPS) is 14.6. The second kappa shape index (κ2) is 16.7. The van der Waals surface area contributed by atoms with Gasteiger partial charge in [0.2, 0.25) is 15.9 Å². The van der Waals surface area contributed by atoms with Gasteiger partial charge in [0.25, 0.3) is 5.91 Å². The molecule has 1 aliphatic rings. The van der Waals surface area contributed by atoms with E-state index in [0.29, 0.717) is 62.6 Å². The van der Waals surface area contributed by atoms with E-state index in [1.807, 2.05) is 46.8 Å². The lowest BCUT2D eigenvalue weighted by atomic mass is 10.0. The molecule has 11 nitrogen and oxygen atoms in total. The molecule has 254 valence electrons. The fourth-order valence-electron chi connectivity index (χ4n) is 4.80. The van der Waals surface area contributed by atoms with Crippen molar-refractivity contribution >= 4 is 56.8 Å². The fraction of sp³-hybridized carbons (Fsp3) is 0.531. The lowest BCUT2D eigenvalue weighted by Crippen LogP contribution is -2.50. The molecule has 3 N–H and O–H groups in total. The van der Waals surface area contributed by atoms with Gasteiger partial charge in [-0.25, -0.2) is 17.9 Å². The van der Waals surface area contributed by atoms with E-state index in [2.05, 4.69) is 20.3 Å². The number of carbonyl (C=O) groups excluding carboxylic acids is 3. The predicted octanol–water partition coefficient (Wildman–Crippen LogP) is 5.07. The molecular formula is C32H45Cl2N5O6S. The molecule has 0 saturated carbocycles. The highest BCUT2D eigenvalue weighted by Gasteiger charge is 2.27. The monoisotopic (exact) mass is 697 g/mol. The smallest absolute Gasteiger partial charge is 0.410 e. The Morgan fingerprint density at radius 1 is 0.935 bits per heavy atom. The zero-order chi connectivity index (χ0) is 34.1. The number of ether oxygens (including phenoxy) is 1. The van der Waals surface area contributed by atoms with Crippen LogP contribution < -0.4 is 20.3 Å². The number of carbonyl (C=O) groups is 3. The molecular weight excluding hydrogens is 653 g/mol. The van der Waals surface area contributed by atoms with Crippen molar-refractivity contribution in [2.45, 2.75) is 70.4 Å². The second-order valence-corrected chi connectivity index (χ2v) is 15.2. The molecule has 14 heteroatoms. The largest absolute Gasteiger partial charge is 0.444 e. The summed E-state index contributed by atoms with van der Waals surface area (Å²) in [7, 11) is -3.80. The number of nitrogens with zero attached hydrogens (tertiary/aromatic N) is 2. The number of unbranched alkanes of at least 4 members (excludes halogenated alkanes) is 1. The van der Waals surface area contributed by atoms with Crippen molar-refractivity contribution in [1.82, 2.24) is 20.3 Å². The van der Waals surface area contributed by atoms with Crippen molar-refractivity contribution in [2.24, 2.45) is 5.92 Å². The molecule has 2 aromatic carbocycles. The third kappa shape index (κ3) is 11.6. The maximum absolute atomic E-state index is 13.1. The van der Waals surface area contributed by atoms with Crippen LogP contribution in [0.4, 0.5) is 10.5 Å². The summed E-state index contributed by atoms with van der Waals surface area (Å²) >= 11 is 11.9. The first-order valence-electron chi connectivity index (χ1n) is 15.4. The van der Waals surface area contributed by atoms with E-state index in [0.717, 1.165) is 5.69 Å². The first-order valence-corrected chi connectivity index (χ1v) is 17.7. The molecule has 3 rings (SSSR count). The van der Waals surface area contributed by atoms with Crippen LogP contribution >= 0.6 is 23.2 Å². The Morgan fingerprint density at radius 2 is 1.57 bits per heavy atom. The zero-order valence-corrected chi connectivity index (χ0v) is 29.4. The Kier molecular flexibility index (Phi) is 13.6. The van der Waals surface area contributed by atoms with Crippen molar-refractivity contribution in [1.29, 1.82) is 0 Å². The molecule has 1 fully saturated rings. The average Bonchev–Trinajstić information content (AvgIpc) is 2.97. The van der Waals surface area contributed by atoms with Gasteiger partial charge in [-0.05, 0) is 88.4 Å². The summed E-state index contributed by atoms with van der Waals surface area (Å²) in [5.41, 5.74) is 0.834. The molecule has 1 heterocycles. The summed E-state index contributed by atoms with van der Waals surface area (Å²) in [6.07, 6.45) is 1.15. The number of rotatable bonds is 13. The number of nitrogens with one attached hydrogen (secondary N) is 3. The second-order valence-electron chi connectivity index (χ2n) is 12.6. The highest BCUT2D eigenvalue weighted by molar-refractivity contribution is 7.89. The predicted molar refractivity (Wildman–Crippen MR) is 181 cm³/mol. The van der Waals surface area contributed by atoms with E-state index in [1.165, 1.54) is 18.2 Å². The van der Waals surface area contributed by atoms with E-state index in [1.54, 1.807) is 17.0 Å². The SMILES string of the molecule is CC(C)C[C@H](NC(=O)c1ccc(N2CCN(C(=O)OC(C)(C)C)CC2)cc1)C(=O)NCCCCNS(=O)(=O)c1ccc(Cl)cc1Cl. The van der Waals surface area contributed by atoms with Crippen LogP contribution in [0.15, 0.2) is 47.4 Å². The minimum Gasteiger partial charge on any atom is -0.444 e. The Labute approximate surface area is 282 Å². The molecule has 0 unspecified atom stereocenters. The van der Waals surface area contributed by atoms with E-state index in [4.69, 9.17) is 27.9 Å². The van der Waals surface area contributed by atoms with Crippen molar-refractivity contribution in [2.75, 3.05) is 44.2 Å². The average molecular weight is 699 g/mol. The van der Waals surface area contributed by atoms with Crippen molar-refractivity contribution in [3.63, 3.8) is 0 Å². The van der Waals surface area contributed by atoms with Crippen LogP contribution in [0.1, 0.15) is 64.2 Å². The van der Waals surface area contributed by atoms with E-state index < -0.39 is 21.7 Å². The number of piperazine rings is 1. The van der Waals surface area contributed by atoms with Crippen LogP contribution in [0.2, 0.25) is 10.0 Å². The highest BCUT2D eigenvalue weighted by Crippen LogP contribution is 2.25. The van der Waals surface area contributed by atoms with E-state index >= 15 is 0 Å². The summed E-state index contributed by atoms with van der Waals surface area (Å²) in [5, 5.41) is 6.10. The van der Waals surface area contributed by atoms with E-state index in [9.17, 15) is 22.8 Å². The van der Waals surface area contributed by atoms with Gasteiger partial charge in [-0.1, -0.05) is 37.0 Å². The van der Waals surface area contributed by atoms with Crippen LogP contribution in [-0.4, -0.2) is 82.1 Å². The Bertz CT molecular complexity index is 1460. The van der Waals surface area contributed by atoms with Gasteiger partial charge < -0.3 is 25.2 Å². The van der Waals surface area contributed by atoms with E-state index in [-0.39, 0.29) is 40.3 Å². The Balaban J connectivity index is 1.45. The third-order valence-electron chi connectivity index (χ3n) is 7.13. The molecule has 0 aliphatic carbocycles. The minimum atomic E-state index is -3.80. The van der Waals surface area contributed by atoms with Crippen LogP contribution in [0.5, 0.6) is 0 Å². The molecule has 0 aromatic heterocycles. The number of benzene rings is 2. The Hall–Kier alpha value is -3.06. The van der Waals surface area contributed by atoms with Gasteiger partial charge in [-0.15, -0.1) is 0 Å². The lowest BCUT2D eigenvalue weighted by molar-refractivity contribution is -0.123. The number of anilines is 1. The molecule has 46 heavy (non-hydrogen) atoms. The maximum Gasteiger partial charge on any atom is 0.410 e. The lowest BCUT2D eigenvalue weighted by Gasteiger charge is -2.36. The standard InChI is InChI=1S/C32H45Cl2N5O6S/c1-22(2)20-27(30(41)35-14-6-7-15-36-46(43,44)28-13-10-24(33)21-26(28)34)37-29(40)23-8-11-25(12-9-23)38-16-18-39(19-17-38)31(42)45-32(3,4)5/h8-13,21-22,27,36H,6-7,14-20H2,1-5H3,(H,35,41)(H,37,40)/t27-/m0/s1. The summed E-state index contributed by atoms with van der Waals surface area (Å²) in [4.78, 5) is 42.2. The topological polar surface area (TPSA) is 137 Å². The van der Waals surface area contributed by atoms with Crippen LogP contribution in [0, 0.1) is 5.92 Å². The molecule has 2 aromatic rings. The number of halogens is 2. The van der Waals surface area contributed by atoms with Gasteiger partial charge in [0.1, 0.15) is 16.5 Å². The number of hydrogen-bond acceptors (Lipinski definition) is 7. The van der Waals surface area contributed by atoms with Gasteiger partial charge in [-0.3, -0.25) is 9.59 Å². The zero-order valence-electron chi connectivity index (χ0n) is 27.1. The first kappa shape index (κ1) is 37.4. The summed E-state index contributed by atoms with van der Waals surface area (Å²) < 4.78 is 33.0. The van der Waals surface area contributed by atoms with Gasteiger partial charge in [-0.2, -0.15) is 0 Å². The first-order chi connectivity index (χ1) is 21.6. The number of sulfonamides is 1. The molecule has 1 aliphatic heterocycles. The number of hydrogen-bond donors (Lipinski definition) is 3. The van der Waals surface area contributed by atoms with Crippen molar-refractivity contribution in [3.8, 4) is 0 Å². The Morgan fingerprint density at radius 3 is 2.15 bits per heavy atom.